The molecule has 1 unspecified atom stereocenters. The second kappa shape index (κ2) is 6.13. The molecule has 1 heterocycles. The van der Waals surface area contributed by atoms with Crippen LogP contribution < -0.4 is 5.32 Å². The Bertz CT molecular complexity index is 558. The van der Waals surface area contributed by atoms with E-state index < -0.39 is 11.9 Å². The molecule has 1 aromatic heterocycles. The maximum atomic E-state index is 12.5. The number of aromatic nitrogens is 1. The van der Waals surface area contributed by atoms with Crippen molar-refractivity contribution in [2.75, 3.05) is 11.9 Å². The summed E-state index contributed by atoms with van der Waals surface area (Å²) >= 11 is 6.17. The molecular weight excluding hydrogens is 289 g/mol. The van der Waals surface area contributed by atoms with Crippen molar-refractivity contribution in [1.29, 1.82) is 0 Å². The van der Waals surface area contributed by atoms with Crippen molar-refractivity contribution in [2.24, 2.45) is 0 Å². The summed E-state index contributed by atoms with van der Waals surface area (Å²) in [7, 11) is 0. The van der Waals surface area contributed by atoms with E-state index in [2.05, 4.69) is 10.3 Å². The highest BCUT2D eigenvalue weighted by Gasteiger charge is 2.32. The third kappa shape index (κ3) is 3.87. The van der Waals surface area contributed by atoms with Gasteiger partial charge in [-0.2, -0.15) is 13.2 Å². The van der Waals surface area contributed by atoms with E-state index in [1.807, 2.05) is 30.3 Å². The monoisotopic (exact) mass is 300 g/mol. The molecule has 0 aliphatic rings. The molecule has 0 saturated heterocycles. The number of nitrogens with zero attached hydrogens (tertiary/aromatic N) is 1. The first-order valence-electron chi connectivity index (χ1n) is 5.94. The molecule has 1 N–H and O–H groups in total. The van der Waals surface area contributed by atoms with E-state index in [1.165, 1.54) is 12.1 Å². The van der Waals surface area contributed by atoms with Gasteiger partial charge in [-0.15, -0.1) is 11.6 Å². The maximum absolute atomic E-state index is 12.5. The summed E-state index contributed by atoms with van der Waals surface area (Å²) in [6, 6.07) is 13.0. The average molecular weight is 301 g/mol. The quantitative estimate of drug-likeness (QED) is 0.841. The molecule has 0 aliphatic heterocycles. The average Bonchev–Trinajstić information content (AvgIpc) is 2.45. The first-order chi connectivity index (χ1) is 9.47. The topological polar surface area (TPSA) is 24.9 Å². The zero-order valence-electron chi connectivity index (χ0n) is 10.4. The molecule has 0 amide bonds. The number of pyridine rings is 1. The first kappa shape index (κ1) is 14.7. The van der Waals surface area contributed by atoms with Crippen molar-refractivity contribution in [3.8, 4) is 0 Å². The first-order valence-corrected chi connectivity index (χ1v) is 6.37. The Morgan fingerprint density at radius 3 is 2.40 bits per heavy atom. The van der Waals surface area contributed by atoms with Gasteiger partial charge in [0.15, 0.2) is 0 Å². The Morgan fingerprint density at radius 1 is 1.05 bits per heavy atom. The molecule has 1 atom stereocenters. The Balaban J connectivity index is 2.01. The lowest BCUT2D eigenvalue weighted by Crippen LogP contribution is -2.12. The van der Waals surface area contributed by atoms with Gasteiger partial charge in [0.1, 0.15) is 11.5 Å². The lowest BCUT2D eigenvalue weighted by Gasteiger charge is -2.13. The molecule has 2 nitrogen and oxygen atoms in total. The third-order valence-corrected chi connectivity index (χ3v) is 3.07. The predicted molar refractivity (Wildman–Crippen MR) is 72.8 cm³/mol. The van der Waals surface area contributed by atoms with E-state index in [9.17, 15) is 13.2 Å². The second-order valence-corrected chi connectivity index (χ2v) is 4.69. The summed E-state index contributed by atoms with van der Waals surface area (Å²) in [5.74, 6) is 0.154. The van der Waals surface area contributed by atoms with Crippen molar-refractivity contribution >= 4 is 17.4 Å². The number of anilines is 1. The summed E-state index contributed by atoms with van der Waals surface area (Å²) in [4.78, 5) is 3.51. The number of hydrogen-bond acceptors (Lipinski definition) is 2. The van der Waals surface area contributed by atoms with E-state index in [0.717, 1.165) is 11.6 Å². The van der Waals surface area contributed by atoms with Crippen LogP contribution in [0.5, 0.6) is 0 Å². The van der Waals surface area contributed by atoms with Crippen molar-refractivity contribution in [1.82, 2.24) is 4.98 Å². The molecule has 2 aromatic rings. The summed E-state index contributed by atoms with van der Waals surface area (Å²) < 4.78 is 37.5. The molecule has 6 heteroatoms. The largest absolute Gasteiger partial charge is 0.433 e. The summed E-state index contributed by atoms with van der Waals surface area (Å²) in [6.07, 6.45) is -4.45. The summed E-state index contributed by atoms with van der Waals surface area (Å²) in [6.45, 7) is 0.292. The van der Waals surface area contributed by atoms with Crippen LogP contribution in [0.2, 0.25) is 0 Å². The molecule has 0 radical (unpaired) electrons. The molecule has 0 saturated carbocycles. The predicted octanol–water partition coefficient (Wildman–Crippen LogP) is 4.49. The van der Waals surface area contributed by atoms with Crippen molar-refractivity contribution in [3.05, 3.63) is 59.8 Å². The van der Waals surface area contributed by atoms with Crippen LogP contribution in [0.4, 0.5) is 19.0 Å². The lowest BCUT2D eigenvalue weighted by atomic mass is 10.1. The fourth-order valence-electron chi connectivity index (χ4n) is 1.66. The number of hydrogen-bond donors (Lipinski definition) is 1. The Hall–Kier alpha value is -1.75. The van der Waals surface area contributed by atoms with Crippen LogP contribution >= 0.6 is 11.6 Å². The van der Waals surface area contributed by atoms with Gasteiger partial charge in [0.05, 0.1) is 5.38 Å². The van der Waals surface area contributed by atoms with E-state index >= 15 is 0 Å². The normalized spacial score (nSPS) is 13.0. The van der Waals surface area contributed by atoms with Gasteiger partial charge in [-0.25, -0.2) is 4.98 Å². The highest BCUT2D eigenvalue weighted by molar-refractivity contribution is 6.21. The molecule has 106 valence electrons. The van der Waals surface area contributed by atoms with Gasteiger partial charge < -0.3 is 5.32 Å². The van der Waals surface area contributed by atoms with Crippen LogP contribution in [0.25, 0.3) is 0 Å². The highest BCUT2D eigenvalue weighted by atomic mass is 35.5. The zero-order chi connectivity index (χ0) is 14.6. The number of nitrogens with one attached hydrogen (secondary N) is 1. The Labute approximate surface area is 119 Å². The van der Waals surface area contributed by atoms with Crippen LogP contribution in [-0.4, -0.2) is 11.5 Å². The third-order valence-electron chi connectivity index (χ3n) is 2.66. The van der Waals surface area contributed by atoms with E-state index in [4.69, 9.17) is 11.6 Å². The number of benzene rings is 1. The Morgan fingerprint density at radius 2 is 1.75 bits per heavy atom. The molecule has 1 aromatic carbocycles. The van der Waals surface area contributed by atoms with Crippen molar-refractivity contribution in [2.45, 2.75) is 11.6 Å². The minimum absolute atomic E-state index is 0.154. The van der Waals surface area contributed by atoms with E-state index in [-0.39, 0.29) is 11.2 Å². The van der Waals surface area contributed by atoms with Gasteiger partial charge in [-0.05, 0) is 17.7 Å². The molecule has 0 fully saturated rings. The van der Waals surface area contributed by atoms with Crippen LogP contribution in [0.15, 0.2) is 48.5 Å². The van der Waals surface area contributed by atoms with Crippen LogP contribution in [0.3, 0.4) is 0 Å². The molecule has 20 heavy (non-hydrogen) atoms. The number of alkyl halides is 4. The fourth-order valence-corrected chi connectivity index (χ4v) is 1.89. The Kier molecular flexibility index (Phi) is 4.49. The fraction of sp³-hybridized carbons (Fsp3) is 0.214. The molecule has 0 bridgehead atoms. The molecular formula is C14H12ClF3N2. The molecule has 0 spiro atoms. The zero-order valence-corrected chi connectivity index (χ0v) is 11.1. The van der Waals surface area contributed by atoms with Crippen LogP contribution in [0, 0.1) is 0 Å². The van der Waals surface area contributed by atoms with Crippen molar-refractivity contribution in [3.63, 3.8) is 0 Å². The summed E-state index contributed by atoms with van der Waals surface area (Å²) in [5, 5.41) is 2.47. The standard InChI is InChI=1S/C14H12ClF3N2/c15-11(10-5-2-1-3-6-10)9-19-13-8-4-7-12(20-13)14(16,17)18/h1-8,11H,9H2,(H,19,20). The molecule has 0 aliphatic carbocycles. The molecule has 2 rings (SSSR count). The van der Waals surface area contributed by atoms with Crippen molar-refractivity contribution < 1.29 is 13.2 Å². The van der Waals surface area contributed by atoms with Gasteiger partial charge in [0.2, 0.25) is 0 Å². The van der Waals surface area contributed by atoms with Gasteiger partial charge >= 0.3 is 6.18 Å². The van der Waals surface area contributed by atoms with Gasteiger partial charge in [-0.1, -0.05) is 36.4 Å². The highest BCUT2D eigenvalue weighted by Crippen LogP contribution is 2.28. The lowest BCUT2D eigenvalue weighted by molar-refractivity contribution is -0.141. The smallest absolute Gasteiger partial charge is 0.368 e. The van der Waals surface area contributed by atoms with Crippen LogP contribution in [-0.2, 0) is 6.18 Å². The summed E-state index contributed by atoms with van der Waals surface area (Å²) in [5.41, 5.74) is -0.0259. The SMILES string of the molecule is FC(F)(F)c1cccc(NCC(Cl)c2ccccc2)n1. The van der Waals surface area contributed by atoms with Gasteiger partial charge in [0.25, 0.3) is 0 Å². The maximum Gasteiger partial charge on any atom is 0.433 e. The van der Waals surface area contributed by atoms with E-state index in [0.29, 0.717) is 6.54 Å². The number of halogens is 4. The van der Waals surface area contributed by atoms with Gasteiger partial charge in [-0.3, -0.25) is 0 Å². The van der Waals surface area contributed by atoms with Crippen LogP contribution in [0.1, 0.15) is 16.6 Å². The minimum Gasteiger partial charge on any atom is -0.368 e. The second-order valence-electron chi connectivity index (χ2n) is 4.16. The van der Waals surface area contributed by atoms with E-state index in [1.54, 1.807) is 0 Å². The number of rotatable bonds is 4. The minimum atomic E-state index is -4.45. The van der Waals surface area contributed by atoms with Gasteiger partial charge in [0, 0.05) is 6.54 Å².